The van der Waals surface area contributed by atoms with Crippen LogP contribution in [0.25, 0.3) is 0 Å². The Morgan fingerprint density at radius 1 is 1.03 bits per heavy atom. The minimum absolute atomic E-state index is 0.0618. The highest BCUT2D eigenvalue weighted by Gasteiger charge is 2.57. The summed E-state index contributed by atoms with van der Waals surface area (Å²) < 4.78 is 0. The highest BCUT2D eigenvalue weighted by Crippen LogP contribution is 2.57. The van der Waals surface area contributed by atoms with Gasteiger partial charge < -0.3 is 10.0 Å². The van der Waals surface area contributed by atoms with E-state index in [9.17, 15) is 9.90 Å². The van der Waals surface area contributed by atoms with Crippen LogP contribution in [0.1, 0.15) is 80.9 Å². The molecule has 0 saturated carbocycles. The van der Waals surface area contributed by atoms with Crippen LogP contribution in [-0.2, 0) is 18.4 Å². The molecule has 2 aliphatic heterocycles. The molecule has 0 radical (unpaired) electrons. The van der Waals surface area contributed by atoms with Gasteiger partial charge in [-0.25, -0.2) is 0 Å². The van der Waals surface area contributed by atoms with E-state index in [-0.39, 0.29) is 22.8 Å². The van der Waals surface area contributed by atoms with Crippen molar-refractivity contribution in [1.82, 2.24) is 9.80 Å². The van der Waals surface area contributed by atoms with Crippen molar-refractivity contribution in [2.45, 2.75) is 90.4 Å². The lowest BCUT2D eigenvalue weighted by Crippen LogP contribution is -2.64. The van der Waals surface area contributed by atoms with Crippen molar-refractivity contribution < 1.29 is 9.90 Å². The molecule has 2 heterocycles. The van der Waals surface area contributed by atoms with Crippen LogP contribution in [0.3, 0.4) is 0 Å². The van der Waals surface area contributed by atoms with Crippen LogP contribution < -0.4 is 0 Å². The zero-order chi connectivity index (χ0) is 23.5. The molecule has 176 valence electrons. The van der Waals surface area contributed by atoms with Gasteiger partial charge in [-0.3, -0.25) is 9.69 Å². The van der Waals surface area contributed by atoms with Gasteiger partial charge in [0.25, 0.3) is 5.91 Å². The third-order valence-electron chi connectivity index (χ3n) is 9.59. The van der Waals surface area contributed by atoms with Crippen LogP contribution in [0.5, 0.6) is 5.75 Å². The predicted molar refractivity (Wildman–Crippen MR) is 133 cm³/mol. The third-order valence-corrected chi connectivity index (χ3v) is 9.59. The largest absolute Gasteiger partial charge is 0.508 e. The average Bonchev–Trinajstić information content (AvgIpc) is 3.09. The maximum Gasteiger partial charge on any atom is 0.254 e. The molecule has 2 aromatic carbocycles. The molecule has 3 aliphatic rings. The fourth-order valence-corrected chi connectivity index (χ4v) is 6.86. The van der Waals surface area contributed by atoms with E-state index in [1.165, 1.54) is 24.0 Å². The average molecular weight is 447 g/mol. The van der Waals surface area contributed by atoms with Gasteiger partial charge in [0.05, 0.1) is 0 Å². The summed E-state index contributed by atoms with van der Waals surface area (Å²) in [6.07, 6.45) is 4.14. The first-order valence-electron chi connectivity index (χ1n) is 12.6. The first-order chi connectivity index (χ1) is 15.6. The van der Waals surface area contributed by atoms with Crippen LogP contribution in [0.2, 0.25) is 0 Å². The number of piperidine rings is 1. The molecule has 1 aliphatic carbocycles. The second-order valence-corrected chi connectivity index (χ2v) is 11.5. The van der Waals surface area contributed by atoms with Gasteiger partial charge in [0.1, 0.15) is 5.75 Å². The third kappa shape index (κ3) is 3.41. The van der Waals surface area contributed by atoms with Gasteiger partial charge in [-0.05, 0) is 79.8 Å². The Kier molecular flexibility index (Phi) is 5.36. The van der Waals surface area contributed by atoms with E-state index < -0.39 is 0 Å². The van der Waals surface area contributed by atoms with Gasteiger partial charge in [0, 0.05) is 42.2 Å². The minimum Gasteiger partial charge on any atom is -0.508 e. The van der Waals surface area contributed by atoms with Gasteiger partial charge in [0.2, 0.25) is 0 Å². The quantitative estimate of drug-likeness (QED) is 0.675. The van der Waals surface area contributed by atoms with Crippen LogP contribution in [0.4, 0.5) is 0 Å². The van der Waals surface area contributed by atoms with Gasteiger partial charge in [-0.1, -0.05) is 45.0 Å². The summed E-state index contributed by atoms with van der Waals surface area (Å²) in [6, 6.07) is 15.5. The fraction of sp³-hybridized carbons (Fsp3) is 0.552. The van der Waals surface area contributed by atoms with Crippen LogP contribution >= 0.6 is 0 Å². The van der Waals surface area contributed by atoms with Crippen molar-refractivity contribution >= 4 is 5.91 Å². The number of nitrogens with zero attached hydrogens (tertiary/aromatic N) is 2. The number of carbonyl (C=O) groups excluding carboxylic acids is 1. The van der Waals surface area contributed by atoms with Gasteiger partial charge >= 0.3 is 0 Å². The number of hydrogen-bond donors (Lipinski definition) is 1. The molecule has 0 aromatic heterocycles. The molecule has 0 unspecified atom stereocenters. The first kappa shape index (κ1) is 22.5. The molecular weight excluding hydrogens is 408 g/mol. The van der Waals surface area contributed by atoms with Crippen molar-refractivity contribution in [3.8, 4) is 5.75 Å². The molecule has 1 amide bonds. The Balaban J connectivity index is 1.39. The van der Waals surface area contributed by atoms with Crippen molar-refractivity contribution in [2.24, 2.45) is 5.41 Å². The number of rotatable bonds is 3. The molecule has 2 bridgehead atoms. The molecule has 5 rings (SSSR count). The van der Waals surface area contributed by atoms with E-state index in [0.717, 1.165) is 30.6 Å². The topological polar surface area (TPSA) is 43.8 Å². The van der Waals surface area contributed by atoms with E-state index >= 15 is 0 Å². The second kappa shape index (κ2) is 7.87. The second-order valence-electron chi connectivity index (χ2n) is 11.5. The smallest absolute Gasteiger partial charge is 0.254 e. The Labute approximate surface area is 198 Å². The number of aromatic hydroxyl groups is 1. The van der Waals surface area contributed by atoms with Crippen molar-refractivity contribution in [3.63, 3.8) is 0 Å². The van der Waals surface area contributed by atoms with E-state index in [1.807, 2.05) is 18.2 Å². The fourth-order valence-electron chi connectivity index (χ4n) is 6.86. The number of carbonyl (C=O) groups is 1. The van der Waals surface area contributed by atoms with Crippen molar-refractivity contribution in [3.05, 3.63) is 64.7 Å². The summed E-state index contributed by atoms with van der Waals surface area (Å²) >= 11 is 0. The molecule has 33 heavy (non-hydrogen) atoms. The molecule has 1 N–H and O–H groups in total. The lowest BCUT2D eigenvalue weighted by Gasteiger charge is -2.60. The monoisotopic (exact) mass is 446 g/mol. The molecule has 2 saturated heterocycles. The highest BCUT2D eigenvalue weighted by atomic mass is 16.3. The number of fused-ring (bicyclic) bond motifs is 4. The molecular formula is C29H38N2O2. The summed E-state index contributed by atoms with van der Waals surface area (Å²) in [6.45, 7) is 13.2. The number of phenolic OH excluding ortho intramolecular Hbond substituents is 1. The Bertz CT molecular complexity index is 1050. The maximum atomic E-state index is 13.7. The van der Waals surface area contributed by atoms with Crippen molar-refractivity contribution in [2.75, 3.05) is 6.54 Å². The summed E-state index contributed by atoms with van der Waals surface area (Å²) in [5.74, 6) is 0.478. The predicted octanol–water partition coefficient (Wildman–Crippen LogP) is 5.52. The Hall–Kier alpha value is -2.33. The summed E-state index contributed by atoms with van der Waals surface area (Å²) in [5, 5.41) is 10.6. The summed E-state index contributed by atoms with van der Waals surface area (Å²) in [5.41, 5.74) is 4.17. The first-order valence-corrected chi connectivity index (χ1v) is 12.6. The zero-order valence-corrected chi connectivity index (χ0v) is 20.8. The van der Waals surface area contributed by atoms with E-state index in [2.05, 4.69) is 62.6 Å². The summed E-state index contributed by atoms with van der Waals surface area (Å²) in [7, 11) is 0. The highest BCUT2D eigenvalue weighted by molar-refractivity contribution is 5.94. The number of benzene rings is 2. The number of phenols is 1. The van der Waals surface area contributed by atoms with Crippen molar-refractivity contribution in [1.29, 1.82) is 0 Å². The van der Waals surface area contributed by atoms with Gasteiger partial charge in [0.15, 0.2) is 0 Å². The molecule has 4 atom stereocenters. The maximum absolute atomic E-state index is 13.7. The zero-order valence-electron chi connectivity index (χ0n) is 20.8. The molecule has 0 spiro atoms. The molecule has 4 nitrogen and oxygen atoms in total. The Morgan fingerprint density at radius 3 is 2.36 bits per heavy atom. The summed E-state index contributed by atoms with van der Waals surface area (Å²) in [4.78, 5) is 18.3. The number of likely N-dealkylation sites (tertiary alicyclic amines) is 2. The normalized spacial score (nSPS) is 30.8. The lowest BCUT2D eigenvalue weighted by molar-refractivity contribution is -0.0266. The Morgan fingerprint density at radius 2 is 1.70 bits per heavy atom. The van der Waals surface area contributed by atoms with Crippen LogP contribution in [0.15, 0.2) is 42.5 Å². The van der Waals surface area contributed by atoms with E-state index in [0.29, 0.717) is 24.3 Å². The number of amides is 1. The standard InChI is InChI=1S/C29H38N2O2/c1-19-9-10-20(2)31(19)18-21-11-13-22(14-12-21)27(33)30-16-15-29(5)24-7-6-8-25(32)23(24)17-26(30)28(29,3)4/h6-8,11-14,19-20,26,32H,9-10,15-18H2,1-5H3/t19-,20+,26-,29+/m1/s1. The molecule has 2 fully saturated rings. The molecule has 4 heteroatoms. The number of hydrogen-bond acceptors (Lipinski definition) is 3. The van der Waals surface area contributed by atoms with Crippen LogP contribution in [-0.4, -0.2) is 45.5 Å². The lowest BCUT2D eigenvalue weighted by atomic mass is 9.51. The van der Waals surface area contributed by atoms with Gasteiger partial charge in [-0.2, -0.15) is 0 Å². The molecule has 2 aromatic rings. The van der Waals surface area contributed by atoms with E-state index in [4.69, 9.17) is 0 Å². The SMILES string of the molecule is C[C@@H]1CC[C@H](C)N1Cc1ccc(C(=O)N2CC[C@@]3(C)c4cccc(O)c4C[C@@H]2C3(C)C)cc1. The van der Waals surface area contributed by atoms with Gasteiger partial charge in [-0.15, -0.1) is 0 Å². The van der Waals surface area contributed by atoms with E-state index in [1.54, 1.807) is 6.07 Å². The van der Waals surface area contributed by atoms with Crippen LogP contribution in [0, 0.1) is 5.41 Å². The minimum atomic E-state index is -0.0797.